The van der Waals surface area contributed by atoms with Gasteiger partial charge in [0.2, 0.25) is 0 Å². The Labute approximate surface area is 191 Å². The molecule has 3 heterocycles. The lowest BCUT2D eigenvalue weighted by Crippen LogP contribution is -2.17. The molecule has 1 aliphatic carbocycles. The van der Waals surface area contributed by atoms with Crippen LogP contribution in [0.5, 0.6) is 0 Å². The van der Waals surface area contributed by atoms with Crippen LogP contribution >= 0.6 is 0 Å². The third kappa shape index (κ3) is 4.51. The Kier molecular flexibility index (Phi) is 5.22. The lowest BCUT2D eigenvalue weighted by molar-refractivity contribution is 0.0739. The number of anilines is 1. The molecule has 0 radical (unpaired) electrons. The van der Waals surface area contributed by atoms with E-state index in [9.17, 15) is 9.90 Å². The molecular weight excluding hydrogens is 416 g/mol. The first-order valence-electron chi connectivity index (χ1n) is 10.8. The van der Waals surface area contributed by atoms with E-state index < -0.39 is 5.60 Å². The molecule has 4 aromatic rings. The Bertz CT molecular complexity index is 1300. The van der Waals surface area contributed by atoms with Gasteiger partial charge in [-0.3, -0.25) is 14.8 Å². The maximum absolute atomic E-state index is 12.9. The van der Waals surface area contributed by atoms with Crippen LogP contribution in [0.25, 0.3) is 22.5 Å². The standard InChI is InChI=1S/C25H24N6O2/c1-25(2,33)22-9-6-18(14-27-22)16-10-11-26-21(13-16)24(32)29-19-5-3-4-17(12-19)23-30-28-15-31(23)20-7-8-20/h3-6,9-15,20,33H,7-8H2,1-2H3,(H,29,32). The van der Waals surface area contributed by atoms with Gasteiger partial charge in [0, 0.05) is 35.2 Å². The molecular formula is C25H24N6O2. The van der Waals surface area contributed by atoms with E-state index in [0.717, 1.165) is 35.4 Å². The number of aromatic nitrogens is 5. The van der Waals surface area contributed by atoms with Crippen LogP contribution < -0.4 is 5.32 Å². The van der Waals surface area contributed by atoms with Crippen LogP contribution in [-0.4, -0.2) is 35.7 Å². The molecule has 8 nitrogen and oxygen atoms in total. The van der Waals surface area contributed by atoms with E-state index in [1.54, 1.807) is 44.7 Å². The molecule has 0 spiro atoms. The summed E-state index contributed by atoms with van der Waals surface area (Å²) in [4.78, 5) is 21.5. The second-order valence-electron chi connectivity index (χ2n) is 8.75. The fourth-order valence-corrected chi connectivity index (χ4v) is 3.66. The van der Waals surface area contributed by atoms with E-state index in [2.05, 4.69) is 30.0 Å². The van der Waals surface area contributed by atoms with E-state index in [4.69, 9.17) is 0 Å². The zero-order valence-corrected chi connectivity index (χ0v) is 18.4. The molecule has 1 aromatic carbocycles. The van der Waals surface area contributed by atoms with Crippen molar-refractivity contribution in [1.29, 1.82) is 0 Å². The molecule has 166 valence electrons. The van der Waals surface area contributed by atoms with Crippen LogP contribution in [0.1, 0.15) is 48.9 Å². The van der Waals surface area contributed by atoms with Crippen molar-refractivity contribution in [3.63, 3.8) is 0 Å². The molecule has 5 rings (SSSR count). The zero-order valence-electron chi connectivity index (χ0n) is 18.4. The number of amides is 1. The number of carbonyl (C=O) groups is 1. The maximum atomic E-state index is 12.9. The normalized spacial score (nSPS) is 13.7. The van der Waals surface area contributed by atoms with E-state index in [1.165, 1.54) is 0 Å². The van der Waals surface area contributed by atoms with Crippen LogP contribution in [0.4, 0.5) is 5.69 Å². The molecule has 8 heteroatoms. The van der Waals surface area contributed by atoms with Gasteiger partial charge in [0.15, 0.2) is 5.82 Å². The molecule has 2 N–H and O–H groups in total. The molecule has 1 fully saturated rings. The highest BCUT2D eigenvalue weighted by Crippen LogP contribution is 2.37. The number of hydrogen-bond donors (Lipinski definition) is 2. The largest absolute Gasteiger partial charge is 0.384 e. The minimum absolute atomic E-state index is 0.297. The quantitative estimate of drug-likeness (QED) is 0.465. The summed E-state index contributed by atoms with van der Waals surface area (Å²) < 4.78 is 2.09. The molecule has 33 heavy (non-hydrogen) atoms. The summed E-state index contributed by atoms with van der Waals surface area (Å²) in [6, 6.07) is 15.2. The van der Waals surface area contributed by atoms with Crippen LogP contribution in [0, 0.1) is 0 Å². The Balaban J connectivity index is 1.35. The number of nitrogens with one attached hydrogen (secondary N) is 1. The topological polar surface area (TPSA) is 106 Å². The number of benzene rings is 1. The van der Waals surface area contributed by atoms with Crippen molar-refractivity contribution in [1.82, 2.24) is 24.7 Å². The third-order valence-corrected chi connectivity index (χ3v) is 5.61. The summed E-state index contributed by atoms with van der Waals surface area (Å²) in [5, 5.41) is 21.3. The van der Waals surface area contributed by atoms with Gasteiger partial charge >= 0.3 is 0 Å². The number of pyridine rings is 2. The molecule has 0 bridgehead atoms. The summed E-state index contributed by atoms with van der Waals surface area (Å²) in [7, 11) is 0. The van der Waals surface area contributed by atoms with Gasteiger partial charge in [0.05, 0.1) is 5.69 Å². The van der Waals surface area contributed by atoms with Gasteiger partial charge in [0.25, 0.3) is 5.91 Å². The first-order valence-corrected chi connectivity index (χ1v) is 10.8. The smallest absolute Gasteiger partial charge is 0.274 e. The second-order valence-corrected chi connectivity index (χ2v) is 8.75. The van der Waals surface area contributed by atoms with Gasteiger partial charge in [-0.1, -0.05) is 18.2 Å². The summed E-state index contributed by atoms with van der Waals surface area (Å²) in [5.41, 5.74) is 3.07. The summed E-state index contributed by atoms with van der Waals surface area (Å²) in [6.45, 7) is 3.38. The van der Waals surface area contributed by atoms with Crippen molar-refractivity contribution < 1.29 is 9.90 Å². The summed E-state index contributed by atoms with van der Waals surface area (Å²) in [6.07, 6.45) is 7.32. The van der Waals surface area contributed by atoms with Crippen LogP contribution in [0.2, 0.25) is 0 Å². The van der Waals surface area contributed by atoms with Crippen LogP contribution in [0.3, 0.4) is 0 Å². The molecule has 3 aromatic heterocycles. The minimum atomic E-state index is -1.01. The molecule has 1 saturated carbocycles. The fourth-order valence-electron chi connectivity index (χ4n) is 3.66. The average molecular weight is 441 g/mol. The fraction of sp³-hybridized carbons (Fsp3) is 0.240. The van der Waals surface area contributed by atoms with Gasteiger partial charge in [-0.15, -0.1) is 10.2 Å². The SMILES string of the molecule is CC(C)(O)c1ccc(-c2ccnc(C(=O)Nc3cccc(-c4nncn4C4CC4)c3)c2)cn1. The molecule has 0 atom stereocenters. The van der Waals surface area contributed by atoms with Crippen molar-refractivity contribution in [2.24, 2.45) is 0 Å². The molecule has 0 unspecified atom stereocenters. The highest BCUT2D eigenvalue weighted by atomic mass is 16.3. The zero-order chi connectivity index (χ0) is 23.0. The number of nitrogens with zero attached hydrogens (tertiary/aromatic N) is 5. The van der Waals surface area contributed by atoms with Gasteiger partial charge < -0.3 is 15.0 Å². The lowest BCUT2D eigenvalue weighted by Gasteiger charge is -2.16. The molecule has 0 saturated heterocycles. The predicted octanol–water partition coefficient (Wildman–Crippen LogP) is 4.22. The Hall–Kier alpha value is -3.91. The number of hydrogen-bond acceptors (Lipinski definition) is 6. The van der Waals surface area contributed by atoms with E-state index in [1.807, 2.05) is 36.4 Å². The minimum Gasteiger partial charge on any atom is -0.384 e. The van der Waals surface area contributed by atoms with Crippen LogP contribution in [0.15, 0.2) is 67.3 Å². The van der Waals surface area contributed by atoms with Crippen molar-refractivity contribution in [3.05, 3.63) is 78.6 Å². The van der Waals surface area contributed by atoms with Crippen molar-refractivity contribution in [2.45, 2.75) is 38.3 Å². The number of rotatable bonds is 6. The van der Waals surface area contributed by atoms with E-state index >= 15 is 0 Å². The van der Waals surface area contributed by atoms with E-state index in [-0.39, 0.29) is 5.91 Å². The third-order valence-electron chi connectivity index (χ3n) is 5.61. The molecule has 1 amide bonds. The van der Waals surface area contributed by atoms with Gasteiger partial charge in [-0.2, -0.15) is 0 Å². The lowest BCUT2D eigenvalue weighted by atomic mass is 10.0. The van der Waals surface area contributed by atoms with Gasteiger partial charge in [0.1, 0.15) is 17.6 Å². The first-order chi connectivity index (χ1) is 15.9. The van der Waals surface area contributed by atoms with Crippen molar-refractivity contribution in [2.75, 3.05) is 5.32 Å². The molecule has 1 aliphatic rings. The first kappa shape index (κ1) is 21.0. The summed E-state index contributed by atoms with van der Waals surface area (Å²) in [5.74, 6) is 0.495. The highest BCUT2D eigenvalue weighted by Gasteiger charge is 2.26. The summed E-state index contributed by atoms with van der Waals surface area (Å²) >= 11 is 0. The van der Waals surface area contributed by atoms with Crippen molar-refractivity contribution in [3.8, 4) is 22.5 Å². The Morgan fingerprint density at radius 1 is 1.06 bits per heavy atom. The predicted molar refractivity (Wildman–Crippen MR) is 124 cm³/mol. The van der Waals surface area contributed by atoms with E-state index in [0.29, 0.717) is 23.1 Å². The van der Waals surface area contributed by atoms with Crippen LogP contribution in [-0.2, 0) is 5.60 Å². The average Bonchev–Trinajstić information content (AvgIpc) is 3.55. The molecule has 0 aliphatic heterocycles. The Morgan fingerprint density at radius 3 is 2.64 bits per heavy atom. The van der Waals surface area contributed by atoms with Crippen molar-refractivity contribution >= 4 is 11.6 Å². The number of aliphatic hydroxyl groups is 1. The number of carbonyl (C=O) groups excluding carboxylic acids is 1. The van der Waals surface area contributed by atoms with Gasteiger partial charge in [-0.05, 0) is 62.6 Å². The highest BCUT2D eigenvalue weighted by molar-refractivity contribution is 6.03. The second kappa shape index (κ2) is 8.22. The maximum Gasteiger partial charge on any atom is 0.274 e. The Morgan fingerprint density at radius 2 is 1.91 bits per heavy atom. The monoisotopic (exact) mass is 440 g/mol. The van der Waals surface area contributed by atoms with Gasteiger partial charge in [-0.25, -0.2) is 0 Å².